The lowest BCUT2D eigenvalue weighted by Gasteiger charge is -2.34. The molecule has 1 aromatic carbocycles. The molecule has 178 valence electrons. The van der Waals surface area contributed by atoms with Crippen LogP contribution in [0.4, 0.5) is 0 Å². The van der Waals surface area contributed by atoms with Crippen molar-refractivity contribution in [2.45, 2.75) is 30.9 Å². The summed E-state index contributed by atoms with van der Waals surface area (Å²) in [6, 6.07) is 6.58. The van der Waals surface area contributed by atoms with E-state index in [4.69, 9.17) is 9.47 Å². The number of nitrogens with zero attached hydrogens (tertiary/aromatic N) is 2. The minimum atomic E-state index is -3.78. The second kappa shape index (κ2) is 11.7. The smallest absolute Gasteiger partial charge is 0.309 e. The summed E-state index contributed by atoms with van der Waals surface area (Å²) >= 11 is 0. The van der Waals surface area contributed by atoms with Crippen molar-refractivity contribution < 1.29 is 27.5 Å². The normalized spacial score (nSPS) is 20.6. The molecule has 1 atom stereocenters. The van der Waals surface area contributed by atoms with Crippen LogP contribution < -0.4 is 10.6 Å². The highest BCUT2D eigenvalue weighted by Crippen LogP contribution is 2.22. The molecule has 0 bridgehead atoms. The van der Waals surface area contributed by atoms with E-state index in [2.05, 4.69) is 15.5 Å². The Kier molecular flexibility index (Phi) is 9.00. The summed E-state index contributed by atoms with van der Waals surface area (Å²) in [7, 11) is -3.78. The van der Waals surface area contributed by atoms with Gasteiger partial charge in [-0.25, -0.2) is 8.42 Å². The Morgan fingerprint density at radius 1 is 1.03 bits per heavy atom. The van der Waals surface area contributed by atoms with Crippen molar-refractivity contribution in [3.8, 4) is 0 Å². The standard InChI is InChI=1S/C21H32N4O6S/c1-17-4-6-18(7-5-17)32(28,29)25-10-3-13-31-19(25)16-23-21(27)20(26)22-8-2-9-24-11-14-30-15-12-24/h4-7,19H,2-3,8-16H2,1H3,(H,22,26)(H,23,27)/t19-/m0/s1. The zero-order valence-electron chi connectivity index (χ0n) is 18.4. The van der Waals surface area contributed by atoms with Gasteiger partial charge in [-0.15, -0.1) is 0 Å². The Balaban J connectivity index is 1.46. The van der Waals surface area contributed by atoms with E-state index >= 15 is 0 Å². The second-order valence-corrected chi connectivity index (χ2v) is 9.77. The van der Waals surface area contributed by atoms with E-state index in [1.54, 1.807) is 24.3 Å². The van der Waals surface area contributed by atoms with E-state index in [-0.39, 0.29) is 18.0 Å². The van der Waals surface area contributed by atoms with E-state index in [9.17, 15) is 18.0 Å². The molecule has 2 heterocycles. The predicted molar refractivity (Wildman–Crippen MR) is 117 cm³/mol. The Bertz CT molecular complexity index is 871. The molecule has 2 aliphatic heterocycles. The topological polar surface area (TPSA) is 117 Å². The van der Waals surface area contributed by atoms with Crippen molar-refractivity contribution in [3.63, 3.8) is 0 Å². The second-order valence-electron chi connectivity index (χ2n) is 7.88. The van der Waals surface area contributed by atoms with Gasteiger partial charge in [0.05, 0.1) is 31.3 Å². The molecule has 3 rings (SSSR count). The number of carbonyl (C=O) groups excluding carboxylic acids is 2. The van der Waals surface area contributed by atoms with Crippen LogP contribution >= 0.6 is 0 Å². The highest BCUT2D eigenvalue weighted by Gasteiger charge is 2.34. The molecule has 2 fully saturated rings. The average molecular weight is 469 g/mol. The number of hydrogen-bond donors (Lipinski definition) is 2. The maximum atomic E-state index is 13.0. The Morgan fingerprint density at radius 3 is 2.44 bits per heavy atom. The van der Waals surface area contributed by atoms with Crippen LogP contribution in [0.2, 0.25) is 0 Å². The van der Waals surface area contributed by atoms with Crippen LogP contribution in [0.3, 0.4) is 0 Å². The number of sulfonamides is 1. The third kappa shape index (κ3) is 6.72. The molecule has 0 aromatic heterocycles. The molecule has 2 amide bonds. The first-order chi connectivity index (χ1) is 15.4. The van der Waals surface area contributed by atoms with Crippen molar-refractivity contribution in [2.75, 3.05) is 59.1 Å². The lowest BCUT2D eigenvalue weighted by molar-refractivity contribution is -0.140. The number of morpholine rings is 1. The van der Waals surface area contributed by atoms with Crippen LogP contribution in [0.15, 0.2) is 29.2 Å². The lowest BCUT2D eigenvalue weighted by Crippen LogP contribution is -2.53. The van der Waals surface area contributed by atoms with Gasteiger partial charge in [0.25, 0.3) is 0 Å². The van der Waals surface area contributed by atoms with Gasteiger partial charge in [-0.1, -0.05) is 17.7 Å². The van der Waals surface area contributed by atoms with Gasteiger partial charge < -0.3 is 20.1 Å². The summed E-state index contributed by atoms with van der Waals surface area (Å²) in [6.45, 7) is 6.83. The minimum absolute atomic E-state index is 0.106. The van der Waals surface area contributed by atoms with Crippen LogP contribution in [-0.2, 0) is 29.1 Å². The number of aryl methyl sites for hydroxylation is 1. The fraction of sp³-hybridized carbons (Fsp3) is 0.619. The molecular weight excluding hydrogens is 436 g/mol. The Hall–Kier alpha value is -2.05. The fourth-order valence-electron chi connectivity index (χ4n) is 3.62. The number of ether oxygens (including phenoxy) is 2. The fourth-order valence-corrected chi connectivity index (χ4v) is 5.18. The Labute approximate surface area is 189 Å². The molecule has 2 saturated heterocycles. The first kappa shape index (κ1) is 24.6. The molecular formula is C21H32N4O6S. The monoisotopic (exact) mass is 468 g/mol. The Morgan fingerprint density at radius 2 is 1.72 bits per heavy atom. The predicted octanol–water partition coefficient (Wildman–Crippen LogP) is -0.313. The molecule has 0 aliphatic carbocycles. The summed E-state index contributed by atoms with van der Waals surface area (Å²) in [5.41, 5.74) is 0.957. The summed E-state index contributed by atoms with van der Waals surface area (Å²) in [5.74, 6) is -1.55. The first-order valence-electron chi connectivity index (χ1n) is 10.9. The molecule has 1 aromatic rings. The summed E-state index contributed by atoms with van der Waals surface area (Å²) in [4.78, 5) is 26.7. The number of benzene rings is 1. The molecule has 0 radical (unpaired) electrons. The van der Waals surface area contributed by atoms with Crippen LogP contribution in [0.1, 0.15) is 18.4 Å². The van der Waals surface area contributed by atoms with Crippen LogP contribution in [0.25, 0.3) is 0 Å². The van der Waals surface area contributed by atoms with Gasteiger partial charge in [-0.2, -0.15) is 4.31 Å². The lowest BCUT2D eigenvalue weighted by atomic mass is 10.2. The number of hydrogen-bond acceptors (Lipinski definition) is 7. The molecule has 2 N–H and O–H groups in total. The van der Waals surface area contributed by atoms with Gasteiger partial charge >= 0.3 is 11.8 Å². The molecule has 0 unspecified atom stereocenters. The quantitative estimate of drug-likeness (QED) is 0.397. The zero-order chi connectivity index (χ0) is 23.0. The van der Waals surface area contributed by atoms with Crippen molar-refractivity contribution in [3.05, 3.63) is 29.8 Å². The van der Waals surface area contributed by atoms with Gasteiger partial charge in [-0.3, -0.25) is 14.5 Å². The number of nitrogens with one attached hydrogen (secondary N) is 2. The SMILES string of the molecule is Cc1ccc(S(=O)(=O)N2CCCO[C@H]2CNC(=O)C(=O)NCCCN2CCOCC2)cc1. The van der Waals surface area contributed by atoms with Crippen LogP contribution in [0.5, 0.6) is 0 Å². The van der Waals surface area contributed by atoms with Crippen LogP contribution in [0, 0.1) is 6.92 Å². The maximum absolute atomic E-state index is 13.0. The molecule has 0 spiro atoms. The highest BCUT2D eigenvalue weighted by atomic mass is 32.2. The van der Waals surface area contributed by atoms with Crippen molar-refractivity contribution in [1.82, 2.24) is 19.8 Å². The van der Waals surface area contributed by atoms with E-state index in [0.717, 1.165) is 31.6 Å². The number of carbonyl (C=O) groups is 2. The largest absolute Gasteiger partial charge is 0.379 e. The molecule has 32 heavy (non-hydrogen) atoms. The van der Waals surface area contributed by atoms with Gasteiger partial charge in [0, 0.05) is 26.2 Å². The first-order valence-corrected chi connectivity index (χ1v) is 12.4. The maximum Gasteiger partial charge on any atom is 0.309 e. The van der Waals surface area contributed by atoms with E-state index < -0.39 is 28.1 Å². The third-order valence-electron chi connectivity index (χ3n) is 5.47. The van der Waals surface area contributed by atoms with Crippen molar-refractivity contribution in [2.24, 2.45) is 0 Å². The number of rotatable bonds is 8. The van der Waals surface area contributed by atoms with Gasteiger partial charge in [0.1, 0.15) is 6.23 Å². The highest BCUT2D eigenvalue weighted by molar-refractivity contribution is 7.89. The summed E-state index contributed by atoms with van der Waals surface area (Å²) in [5, 5.41) is 5.10. The third-order valence-corrected chi connectivity index (χ3v) is 7.37. The van der Waals surface area contributed by atoms with Crippen LogP contribution in [-0.4, -0.2) is 94.8 Å². The van der Waals surface area contributed by atoms with Crippen molar-refractivity contribution in [1.29, 1.82) is 0 Å². The van der Waals surface area contributed by atoms with Gasteiger partial charge in [0.2, 0.25) is 10.0 Å². The molecule has 11 heteroatoms. The van der Waals surface area contributed by atoms with Gasteiger partial charge in [-0.05, 0) is 38.4 Å². The molecule has 2 aliphatic rings. The average Bonchev–Trinajstić information content (AvgIpc) is 2.81. The van der Waals surface area contributed by atoms with E-state index in [1.807, 2.05) is 6.92 Å². The number of amides is 2. The van der Waals surface area contributed by atoms with Crippen molar-refractivity contribution >= 4 is 21.8 Å². The van der Waals surface area contributed by atoms with Gasteiger partial charge in [0.15, 0.2) is 0 Å². The summed E-state index contributed by atoms with van der Waals surface area (Å²) < 4.78 is 38.2. The minimum Gasteiger partial charge on any atom is -0.379 e. The molecule has 10 nitrogen and oxygen atoms in total. The molecule has 0 saturated carbocycles. The van der Waals surface area contributed by atoms with E-state index in [1.165, 1.54) is 4.31 Å². The van der Waals surface area contributed by atoms with E-state index in [0.29, 0.717) is 32.8 Å². The summed E-state index contributed by atoms with van der Waals surface area (Å²) in [6.07, 6.45) is 0.417. The zero-order valence-corrected chi connectivity index (χ0v) is 19.2.